The minimum absolute atomic E-state index is 0.124. The first-order valence-electron chi connectivity index (χ1n) is 33.5. The van der Waals surface area contributed by atoms with Gasteiger partial charge >= 0.3 is 0 Å². The Morgan fingerprint density at radius 2 is 0.744 bits per heavy atom. The number of hydrogen-bond acceptors (Lipinski definition) is 20. The summed E-state index contributed by atoms with van der Waals surface area (Å²) < 4.78 is 56.7. The third-order valence-corrected chi connectivity index (χ3v) is 17.7. The van der Waals surface area contributed by atoms with Gasteiger partial charge in [-0.1, -0.05) is 70.0 Å². The van der Waals surface area contributed by atoms with E-state index in [1.807, 2.05) is 94.4 Å². The van der Waals surface area contributed by atoms with Crippen molar-refractivity contribution >= 4 is 0 Å². The number of aromatic nitrogens is 5. The fourth-order valence-electron chi connectivity index (χ4n) is 13.8. The van der Waals surface area contributed by atoms with E-state index < -0.39 is 0 Å². The lowest BCUT2D eigenvalue weighted by Gasteiger charge is -2.36. The van der Waals surface area contributed by atoms with Gasteiger partial charge in [0.1, 0.15) is 28.8 Å². The van der Waals surface area contributed by atoms with E-state index in [2.05, 4.69) is 113 Å². The molecule has 5 aliphatic heterocycles. The molecule has 0 bridgehead atoms. The molecule has 10 atom stereocenters. The molecule has 20 heteroatoms. The lowest BCUT2D eigenvalue weighted by atomic mass is 9.86. The van der Waals surface area contributed by atoms with Crippen molar-refractivity contribution in [2.75, 3.05) is 78.7 Å². The van der Waals surface area contributed by atoms with E-state index in [0.29, 0.717) is 42.1 Å². The monoisotopic (exact) mass is 1250 g/mol. The van der Waals surface area contributed by atoms with Crippen LogP contribution in [0.5, 0.6) is 0 Å². The van der Waals surface area contributed by atoms with Gasteiger partial charge in [0.2, 0.25) is 0 Å². The van der Waals surface area contributed by atoms with Gasteiger partial charge in [-0.15, -0.1) is 0 Å². The van der Waals surface area contributed by atoms with Crippen molar-refractivity contribution in [1.29, 1.82) is 0 Å². The van der Waals surface area contributed by atoms with Crippen molar-refractivity contribution < 1.29 is 46.3 Å². The van der Waals surface area contributed by atoms with E-state index >= 15 is 0 Å². The van der Waals surface area contributed by atoms with Crippen LogP contribution in [0.2, 0.25) is 0 Å². The van der Waals surface area contributed by atoms with Crippen molar-refractivity contribution in [2.45, 2.75) is 235 Å². The van der Waals surface area contributed by atoms with E-state index in [1.165, 1.54) is 33.4 Å². The summed E-state index contributed by atoms with van der Waals surface area (Å²) >= 11 is 0. The van der Waals surface area contributed by atoms with E-state index in [9.17, 15) is 0 Å². The first-order chi connectivity index (χ1) is 43.1. The maximum Gasteiger partial charge on any atom is 0.137 e. The van der Waals surface area contributed by atoms with Crippen LogP contribution in [0.15, 0.2) is 52.9 Å². The smallest absolute Gasteiger partial charge is 0.137 e. The van der Waals surface area contributed by atoms with Crippen molar-refractivity contribution in [3.63, 3.8) is 0 Å². The maximum atomic E-state index is 6.19. The predicted octanol–water partition coefficient (Wildman–Crippen LogP) is 11.9. The molecule has 10 unspecified atom stereocenters. The number of nitrogens with one attached hydrogen (secondary N) is 5. The summed E-state index contributed by atoms with van der Waals surface area (Å²) in [5.74, 6) is 7.23. The van der Waals surface area contributed by atoms with Gasteiger partial charge in [-0.25, -0.2) is 0 Å². The van der Waals surface area contributed by atoms with E-state index in [0.717, 1.165) is 168 Å². The Labute approximate surface area is 537 Å². The van der Waals surface area contributed by atoms with Crippen LogP contribution in [0.3, 0.4) is 0 Å². The molecular formula is C70H112N10O10. The highest BCUT2D eigenvalue weighted by atomic mass is 16.5. The normalized spacial score (nSPS) is 24.7. The van der Waals surface area contributed by atoms with Crippen LogP contribution >= 0.6 is 0 Å². The Kier molecular flexibility index (Phi) is 28.3. The van der Waals surface area contributed by atoms with Crippen LogP contribution in [-0.4, -0.2) is 147 Å². The molecule has 0 spiro atoms. The number of nitrogens with zero attached hydrogens (tertiary/aromatic N) is 5. The van der Waals surface area contributed by atoms with Crippen LogP contribution in [-0.2, 0) is 30.3 Å². The molecule has 90 heavy (non-hydrogen) atoms. The summed E-state index contributed by atoms with van der Waals surface area (Å²) in [6.07, 6.45) is 6.70. The molecule has 502 valence electrons. The maximum absolute atomic E-state index is 6.19. The van der Waals surface area contributed by atoms with E-state index in [-0.39, 0.29) is 42.2 Å². The quantitative estimate of drug-likeness (QED) is 0.0605. The van der Waals surface area contributed by atoms with Gasteiger partial charge in [0, 0.05) is 103 Å². The fourth-order valence-corrected chi connectivity index (χ4v) is 13.8. The van der Waals surface area contributed by atoms with Crippen LogP contribution in [0.4, 0.5) is 0 Å². The van der Waals surface area contributed by atoms with Crippen molar-refractivity contribution in [2.24, 2.45) is 5.92 Å². The second kappa shape index (κ2) is 35.2. The molecule has 6 aromatic rings. The Morgan fingerprint density at radius 1 is 0.433 bits per heavy atom. The van der Waals surface area contributed by atoms with Gasteiger partial charge in [0.25, 0.3) is 0 Å². The Morgan fingerprint density at radius 3 is 1.06 bits per heavy atom. The second-order valence-electron chi connectivity index (χ2n) is 26.8. The second-order valence-corrected chi connectivity index (χ2v) is 26.8. The minimum Gasteiger partial charge on any atom is -0.377 e. The molecule has 10 heterocycles. The summed E-state index contributed by atoms with van der Waals surface area (Å²) in [5, 5.41) is 37.3. The summed E-state index contributed by atoms with van der Waals surface area (Å²) in [5.41, 5.74) is 12.3. The lowest BCUT2D eigenvalue weighted by Crippen LogP contribution is -2.44. The predicted molar refractivity (Wildman–Crippen MR) is 351 cm³/mol. The lowest BCUT2D eigenvalue weighted by molar-refractivity contribution is -0.0770. The van der Waals surface area contributed by atoms with Gasteiger partial charge in [0.15, 0.2) is 0 Å². The molecule has 5 saturated heterocycles. The number of hydrogen-bond donors (Lipinski definition) is 5. The first-order valence-corrected chi connectivity index (χ1v) is 33.5. The highest BCUT2D eigenvalue weighted by molar-refractivity contribution is 5.31. The summed E-state index contributed by atoms with van der Waals surface area (Å²) in [4.78, 5) is 0. The molecule has 5 N–H and O–H groups in total. The summed E-state index contributed by atoms with van der Waals surface area (Å²) in [6.45, 7) is 48.8. The topological polar surface area (TPSA) is 236 Å². The number of aryl methyl sites for hydroxylation is 10. The van der Waals surface area contributed by atoms with Gasteiger partial charge in [-0.3, -0.25) is 0 Å². The molecule has 11 rings (SSSR count). The van der Waals surface area contributed by atoms with Gasteiger partial charge in [-0.05, 0) is 187 Å². The summed E-state index contributed by atoms with van der Waals surface area (Å²) in [6, 6.07) is 10.3. The fraction of sp³-hybridized carbons (Fsp3) is 0.700. The van der Waals surface area contributed by atoms with E-state index in [1.54, 1.807) is 0 Å². The minimum atomic E-state index is -0.124. The highest BCUT2D eigenvalue weighted by Gasteiger charge is 2.37. The Bertz CT molecular complexity index is 2910. The van der Waals surface area contributed by atoms with Crippen molar-refractivity contribution in [1.82, 2.24) is 52.4 Å². The van der Waals surface area contributed by atoms with E-state index in [4.69, 9.17) is 46.3 Å². The Hall–Kier alpha value is -5.13. The van der Waals surface area contributed by atoms with Crippen LogP contribution in [0.25, 0.3) is 0 Å². The molecule has 5 aromatic heterocycles. The van der Waals surface area contributed by atoms with Crippen molar-refractivity contribution in [3.05, 3.63) is 121 Å². The van der Waals surface area contributed by atoms with Crippen LogP contribution < -0.4 is 26.6 Å². The zero-order chi connectivity index (χ0) is 65.1. The number of rotatable bonds is 16. The third-order valence-electron chi connectivity index (χ3n) is 17.7. The van der Waals surface area contributed by atoms with Gasteiger partial charge in [0.05, 0.1) is 77.3 Å². The third kappa shape index (κ3) is 20.4. The number of benzene rings is 1. The summed E-state index contributed by atoms with van der Waals surface area (Å²) in [7, 11) is 0. The molecule has 0 radical (unpaired) electrons. The largest absolute Gasteiger partial charge is 0.377 e. The molecule has 5 fully saturated rings. The van der Waals surface area contributed by atoms with Gasteiger partial charge < -0.3 is 72.9 Å². The Balaban J connectivity index is 0.000000160. The standard InChI is InChI=1S/C17H22N2O2.2C14H24N2O2.C13H22N2O2.C12H20N2O2/c1-12-17(13(2)21-19-12)15-8-9-18-10-16(15)20-11-14-6-4-3-5-7-14;1-9-13(10(2)18-16-9)11-6-7-15-8-12(11)17-14(3,4)5;1-9(2)8-17-13-7-15-6-5-12(13)14-10(3)16-18-11(14)4;1-8(2)16-12-7-14-6-5-11(12)13-9(3)15-17-10(13)4;1-4-15-11-7-13-6-5-10(11)12-8(2)14-16-9(12)3/h3-7,15-16,18H,8-11H2,1-2H3;11-12,15H,6-8H2,1-5H3;9,12-13,15H,5-8H2,1-4H3;8,11-12,14H,5-7H2,1-4H3;10-11,13H,4-7H2,1-3H3. The average Bonchev–Trinajstić information content (AvgIpc) is 1.93. The number of ether oxygens (including phenoxy) is 5. The SMILES string of the molecule is CCOC1CNCCC1c1c(C)noc1C.Cc1noc(C)c1C1CCNCC1OC(C)(C)C.Cc1noc(C)c1C1CCNCC1OC(C)C.Cc1noc(C)c1C1CCNCC1OCC(C)C.Cc1noc(C)c1C1CCNCC1OCc1ccccc1. The molecular weight excluding hydrogens is 1140 g/mol. The molecule has 0 aliphatic carbocycles. The zero-order valence-electron chi connectivity index (χ0n) is 57.9. The van der Waals surface area contributed by atoms with Gasteiger partial charge in [-0.2, -0.15) is 0 Å². The molecule has 5 aliphatic rings. The highest BCUT2D eigenvalue weighted by Crippen LogP contribution is 2.38. The molecule has 20 nitrogen and oxygen atoms in total. The zero-order valence-corrected chi connectivity index (χ0v) is 57.9. The van der Waals surface area contributed by atoms with Crippen molar-refractivity contribution in [3.8, 4) is 0 Å². The van der Waals surface area contributed by atoms with Crippen LogP contribution in [0.1, 0.15) is 208 Å². The van der Waals surface area contributed by atoms with Crippen LogP contribution in [0, 0.1) is 75.2 Å². The molecule has 0 saturated carbocycles. The first kappa shape index (κ1) is 72.3. The molecule has 1 aromatic carbocycles. The average molecular weight is 1250 g/mol. The number of piperidine rings is 5. The molecule has 0 amide bonds.